The maximum absolute atomic E-state index is 12.5. The van der Waals surface area contributed by atoms with Crippen LogP contribution in [0.2, 0.25) is 0 Å². The zero-order chi connectivity index (χ0) is 18.4. The SMILES string of the molecule is CC1CCN(C(=O)c2ccc(NC(=O)CNCC3CCCO3)cc2)CC1. The number of nitrogens with one attached hydrogen (secondary N) is 2. The van der Waals surface area contributed by atoms with Gasteiger partial charge in [0.05, 0.1) is 12.6 Å². The van der Waals surface area contributed by atoms with Crippen LogP contribution in [0.15, 0.2) is 24.3 Å². The molecule has 1 aromatic carbocycles. The Morgan fingerprint density at radius 3 is 2.54 bits per heavy atom. The van der Waals surface area contributed by atoms with Crippen molar-refractivity contribution in [1.29, 1.82) is 0 Å². The highest BCUT2D eigenvalue weighted by molar-refractivity contribution is 5.96. The zero-order valence-corrected chi connectivity index (χ0v) is 15.5. The molecule has 2 aliphatic heterocycles. The first kappa shape index (κ1) is 18.9. The molecule has 2 fully saturated rings. The standard InChI is InChI=1S/C20H29N3O3/c1-15-8-10-23(11-9-15)20(25)16-4-6-17(7-5-16)22-19(24)14-21-13-18-3-2-12-26-18/h4-7,15,18,21H,2-3,8-14H2,1H3,(H,22,24). The average molecular weight is 359 g/mol. The largest absolute Gasteiger partial charge is 0.377 e. The molecule has 0 aliphatic carbocycles. The summed E-state index contributed by atoms with van der Waals surface area (Å²) in [4.78, 5) is 26.4. The number of rotatable bonds is 6. The molecule has 2 amide bonds. The van der Waals surface area contributed by atoms with E-state index < -0.39 is 0 Å². The van der Waals surface area contributed by atoms with Gasteiger partial charge in [0.1, 0.15) is 0 Å². The van der Waals surface area contributed by atoms with Gasteiger partial charge in [-0.25, -0.2) is 0 Å². The Hall–Kier alpha value is -1.92. The maximum Gasteiger partial charge on any atom is 0.253 e. The molecule has 26 heavy (non-hydrogen) atoms. The molecule has 2 aliphatic rings. The molecule has 0 radical (unpaired) electrons. The fourth-order valence-corrected chi connectivity index (χ4v) is 3.45. The van der Waals surface area contributed by atoms with Gasteiger partial charge in [-0.1, -0.05) is 6.92 Å². The fraction of sp³-hybridized carbons (Fsp3) is 0.600. The highest BCUT2D eigenvalue weighted by Crippen LogP contribution is 2.19. The van der Waals surface area contributed by atoms with Crippen LogP contribution in [0, 0.1) is 5.92 Å². The van der Waals surface area contributed by atoms with Crippen LogP contribution in [0.5, 0.6) is 0 Å². The van der Waals surface area contributed by atoms with Crippen molar-refractivity contribution in [3.63, 3.8) is 0 Å². The lowest BCUT2D eigenvalue weighted by molar-refractivity contribution is -0.115. The first-order valence-corrected chi connectivity index (χ1v) is 9.63. The molecule has 0 bridgehead atoms. The molecule has 6 heteroatoms. The molecule has 3 rings (SSSR count). The van der Waals surface area contributed by atoms with Crippen molar-refractivity contribution in [2.75, 3.05) is 38.1 Å². The van der Waals surface area contributed by atoms with Crippen LogP contribution < -0.4 is 10.6 Å². The van der Waals surface area contributed by atoms with Gasteiger partial charge in [0, 0.05) is 37.5 Å². The monoisotopic (exact) mass is 359 g/mol. The van der Waals surface area contributed by atoms with Crippen LogP contribution in [-0.4, -0.2) is 55.6 Å². The first-order valence-electron chi connectivity index (χ1n) is 9.63. The Bertz CT molecular complexity index is 603. The van der Waals surface area contributed by atoms with E-state index in [0.717, 1.165) is 45.4 Å². The highest BCUT2D eigenvalue weighted by Gasteiger charge is 2.21. The number of hydrogen-bond donors (Lipinski definition) is 2. The van der Waals surface area contributed by atoms with E-state index in [2.05, 4.69) is 17.6 Å². The van der Waals surface area contributed by atoms with Crippen LogP contribution in [0.25, 0.3) is 0 Å². The second-order valence-electron chi connectivity index (χ2n) is 7.37. The van der Waals surface area contributed by atoms with Crippen LogP contribution in [-0.2, 0) is 9.53 Å². The molecular formula is C20H29N3O3. The van der Waals surface area contributed by atoms with E-state index in [-0.39, 0.29) is 24.5 Å². The molecule has 1 atom stereocenters. The summed E-state index contributed by atoms with van der Waals surface area (Å²) >= 11 is 0. The Balaban J connectivity index is 1.43. The topological polar surface area (TPSA) is 70.7 Å². The lowest BCUT2D eigenvalue weighted by Crippen LogP contribution is -2.37. The molecule has 2 saturated heterocycles. The van der Waals surface area contributed by atoms with Crippen molar-refractivity contribution < 1.29 is 14.3 Å². The quantitative estimate of drug-likeness (QED) is 0.817. The van der Waals surface area contributed by atoms with Crippen molar-refractivity contribution in [3.8, 4) is 0 Å². The third kappa shape index (κ3) is 5.29. The Labute approximate surface area is 155 Å². The van der Waals surface area contributed by atoms with E-state index in [0.29, 0.717) is 23.7 Å². The van der Waals surface area contributed by atoms with Gasteiger partial charge >= 0.3 is 0 Å². The summed E-state index contributed by atoms with van der Waals surface area (Å²) in [6.45, 7) is 5.67. The van der Waals surface area contributed by atoms with Gasteiger partial charge in [-0.15, -0.1) is 0 Å². The van der Waals surface area contributed by atoms with Crippen molar-refractivity contribution in [1.82, 2.24) is 10.2 Å². The summed E-state index contributed by atoms with van der Waals surface area (Å²) in [7, 11) is 0. The molecule has 2 heterocycles. The molecular weight excluding hydrogens is 330 g/mol. The van der Waals surface area contributed by atoms with Gasteiger partial charge in [0.25, 0.3) is 5.91 Å². The minimum atomic E-state index is -0.0907. The number of hydrogen-bond acceptors (Lipinski definition) is 4. The molecule has 0 spiro atoms. The zero-order valence-electron chi connectivity index (χ0n) is 15.5. The number of carbonyl (C=O) groups is 2. The van der Waals surface area contributed by atoms with E-state index in [1.54, 1.807) is 24.3 Å². The number of likely N-dealkylation sites (tertiary alicyclic amines) is 1. The average Bonchev–Trinajstić information content (AvgIpc) is 3.16. The van der Waals surface area contributed by atoms with Gasteiger partial charge < -0.3 is 20.3 Å². The molecule has 1 unspecified atom stereocenters. The predicted molar refractivity (Wildman–Crippen MR) is 101 cm³/mol. The van der Waals surface area contributed by atoms with E-state index in [1.165, 1.54) is 0 Å². The molecule has 6 nitrogen and oxygen atoms in total. The summed E-state index contributed by atoms with van der Waals surface area (Å²) < 4.78 is 5.51. The van der Waals surface area contributed by atoms with Crippen LogP contribution in [0.1, 0.15) is 43.0 Å². The summed E-state index contributed by atoms with van der Waals surface area (Å²) in [5.41, 5.74) is 1.38. The van der Waals surface area contributed by atoms with Crippen molar-refractivity contribution >= 4 is 17.5 Å². The number of piperidine rings is 1. The first-order chi connectivity index (χ1) is 12.6. The Morgan fingerprint density at radius 1 is 1.15 bits per heavy atom. The minimum Gasteiger partial charge on any atom is -0.377 e. The van der Waals surface area contributed by atoms with E-state index >= 15 is 0 Å². The third-order valence-electron chi connectivity index (χ3n) is 5.17. The van der Waals surface area contributed by atoms with Gasteiger partial charge in [-0.3, -0.25) is 9.59 Å². The molecule has 0 aromatic heterocycles. The summed E-state index contributed by atoms with van der Waals surface area (Å²) in [5, 5.41) is 5.98. The molecule has 0 saturated carbocycles. The maximum atomic E-state index is 12.5. The van der Waals surface area contributed by atoms with Gasteiger partial charge in [0.2, 0.25) is 5.91 Å². The van der Waals surface area contributed by atoms with E-state index in [9.17, 15) is 9.59 Å². The van der Waals surface area contributed by atoms with E-state index in [1.807, 2.05) is 4.90 Å². The smallest absolute Gasteiger partial charge is 0.253 e. The fourth-order valence-electron chi connectivity index (χ4n) is 3.45. The summed E-state index contributed by atoms with van der Waals surface area (Å²) in [6, 6.07) is 7.15. The lowest BCUT2D eigenvalue weighted by Gasteiger charge is -2.30. The molecule has 1 aromatic rings. The Morgan fingerprint density at radius 2 is 1.88 bits per heavy atom. The van der Waals surface area contributed by atoms with Crippen LogP contribution in [0.4, 0.5) is 5.69 Å². The number of carbonyl (C=O) groups excluding carboxylic acids is 2. The minimum absolute atomic E-state index is 0.0769. The second kappa shape index (κ2) is 9.14. The highest BCUT2D eigenvalue weighted by atomic mass is 16.5. The normalized spacial score (nSPS) is 21.0. The molecule has 2 N–H and O–H groups in total. The predicted octanol–water partition coefficient (Wildman–Crippen LogP) is 2.27. The van der Waals surface area contributed by atoms with Crippen molar-refractivity contribution in [2.24, 2.45) is 5.92 Å². The second-order valence-corrected chi connectivity index (χ2v) is 7.37. The van der Waals surface area contributed by atoms with Gasteiger partial charge in [0.15, 0.2) is 0 Å². The number of ether oxygens (including phenoxy) is 1. The summed E-state index contributed by atoms with van der Waals surface area (Å²) in [6.07, 6.45) is 4.52. The Kier molecular flexibility index (Phi) is 6.63. The number of amides is 2. The van der Waals surface area contributed by atoms with E-state index in [4.69, 9.17) is 4.74 Å². The van der Waals surface area contributed by atoms with Crippen molar-refractivity contribution in [3.05, 3.63) is 29.8 Å². The number of benzene rings is 1. The number of nitrogens with zero attached hydrogens (tertiary/aromatic N) is 1. The molecule has 142 valence electrons. The lowest BCUT2D eigenvalue weighted by atomic mass is 9.98. The number of anilines is 1. The van der Waals surface area contributed by atoms with Crippen LogP contribution >= 0.6 is 0 Å². The summed E-state index contributed by atoms with van der Waals surface area (Å²) in [5.74, 6) is 0.686. The third-order valence-corrected chi connectivity index (χ3v) is 5.17. The van der Waals surface area contributed by atoms with Crippen LogP contribution in [0.3, 0.4) is 0 Å². The van der Waals surface area contributed by atoms with Crippen molar-refractivity contribution in [2.45, 2.75) is 38.7 Å². The van der Waals surface area contributed by atoms with Gasteiger partial charge in [-0.2, -0.15) is 0 Å². The van der Waals surface area contributed by atoms with Gasteiger partial charge in [-0.05, 0) is 55.9 Å².